The molecule has 2 aromatic rings. The van der Waals surface area contributed by atoms with Crippen LogP contribution in [0.15, 0.2) is 47.4 Å². The molecule has 2 aromatic carbocycles. The van der Waals surface area contributed by atoms with Crippen LogP contribution in [0.4, 0.5) is 13.6 Å². The summed E-state index contributed by atoms with van der Waals surface area (Å²) in [5.74, 6) is -0.265. The molecule has 166 valence electrons. The zero-order chi connectivity index (χ0) is 22.7. The van der Waals surface area contributed by atoms with Crippen molar-refractivity contribution in [3.63, 3.8) is 0 Å². The number of benzene rings is 2. The Morgan fingerprint density at radius 3 is 2.78 bits per heavy atom. The summed E-state index contributed by atoms with van der Waals surface area (Å²) in [5.41, 5.74) is 0.591. The van der Waals surface area contributed by atoms with Gasteiger partial charge in [0.1, 0.15) is 5.75 Å². The molecule has 0 radical (unpaired) electrons. The number of nitrogens with one attached hydrogen (secondary N) is 1. The molecule has 0 unspecified atom stereocenters. The number of hydrogen-bond acceptors (Lipinski definition) is 7. The normalized spacial score (nSPS) is 16.2. The van der Waals surface area contributed by atoms with E-state index in [0.29, 0.717) is 17.1 Å². The van der Waals surface area contributed by atoms with E-state index in [0.717, 1.165) is 16.7 Å². The van der Waals surface area contributed by atoms with Gasteiger partial charge in [0.05, 0.1) is 10.5 Å². The van der Waals surface area contributed by atoms with Crippen LogP contribution in [-0.2, 0) is 4.79 Å². The molecule has 0 aliphatic carbocycles. The number of rotatable bonds is 7. The molecule has 1 fully saturated rings. The van der Waals surface area contributed by atoms with Crippen molar-refractivity contribution in [2.75, 3.05) is 19.9 Å². The molecule has 1 saturated heterocycles. The fraction of sp³-hybridized carbons (Fsp3) is 0.190. The largest absolute Gasteiger partial charge is 0.454 e. The van der Waals surface area contributed by atoms with Crippen molar-refractivity contribution in [1.29, 1.82) is 0 Å². The van der Waals surface area contributed by atoms with Gasteiger partial charge in [-0.3, -0.25) is 19.3 Å². The molecule has 0 spiro atoms. The van der Waals surface area contributed by atoms with Gasteiger partial charge in [0.25, 0.3) is 17.1 Å². The molecule has 2 aliphatic heterocycles. The first-order chi connectivity index (χ1) is 15.4. The Kier molecular flexibility index (Phi) is 6.26. The Morgan fingerprint density at radius 2 is 1.97 bits per heavy atom. The molecule has 2 aliphatic rings. The number of fused-ring (bicyclic) bond motifs is 1. The highest BCUT2D eigenvalue weighted by molar-refractivity contribution is 8.18. The van der Waals surface area contributed by atoms with Gasteiger partial charge in [-0.05, 0) is 47.7 Å². The van der Waals surface area contributed by atoms with Gasteiger partial charge in [0.15, 0.2) is 11.5 Å². The molecule has 3 amide bonds. The van der Waals surface area contributed by atoms with E-state index in [1.54, 1.807) is 24.3 Å². The van der Waals surface area contributed by atoms with Crippen LogP contribution >= 0.6 is 11.8 Å². The number of para-hydroxylation sites is 1. The monoisotopic (exact) mass is 462 g/mol. The van der Waals surface area contributed by atoms with Crippen LogP contribution in [0.25, 0.3) is 6.08 Å². The number of ether oxygens (including phenoxy) is 3. The quantitative estimate of drug-likeness (QED) is 0.630. The fourth-order valence-electron chi connectivity index (χ4n) is 3.08. The molecule has 4 rings (SSSR count). The average Bonchev–Trinajstić information content (AvgIpc) is 3.33. The molecule has 0 bridgehead atoms. The Bertz CT molecular complexity index is 1110. The first-order valence-corrected chi connectivity index (χ1v) is 10.2. The Hall–Kier alpha value is -3.60. The van der Waals surface area contributed by atoms with Crippen molar-refractivity contribution in [3.8, 4) is 17.2 Å². The first kappa shape index (κ1) is 21.6. The minimum atomic E-state index is -3.07. The van der Waals surface area contributed by atoms with Crippen molar-refractivity contribution in [2.45, 2.75) is 6.61 Å². The second-order valence-electron chi connectivity index (χ2n) is 6.58. The van der Waals surface area contributed by atoms with Gasteiger partial charge in [0, 0.05) is 13.1 Å². The molecular weight excluding hydrogens is 446 g/mol. The predicted octanol–water partition coefficient (Wildman–Crippen LogP) is 3.48. The topological polar surface area (TPSA) is 94.2 Å². The van der Waals surface area contributed by atoms with Gasteiger partial charge in [-0.2, -0.15) is 8.78 Å². The summed E-state index contributed by atoms with van der Waals surface area (Å²) in [7, 11) is 0. The van der Waals surface area contributed by atoms with Crippen molar-refractivity contribution < 1.29 is 37.4 Å². The van der Waals surface area contributed by atoms with Gasteiger partial charge in [0.2, 0.25) is 6.79 Å². The number of amides is 3. The third-order valence-corrected chi connectivity index (χ3v) is 5.44. The molecular formula is C21H16F2N2O6S. The van der Waals surface area contributed by atoms with Crippen LogP contribution in [-0.4, -0.2) is 48.4 Å². The number of nitrogens with zero attached hydrogens (tertiary/aromatic N) is 1. The van der Waals surface area contributed by atoms with Crippen LogP contribution < -0.4 is 19.5 Å². The molecule has 0 atom stereocenters. The highest BCUT2D eigenvalue weighted by atomic mass is 32.2. The highest BCUT2D eigenvalue weighted by Gasteiger charge is 2.34. The van der Waals surface area contributed by atoms with Gasteiger partial charge in [-0.15, -0.1) is 0 Å². The Morgan fingerprint density at radius 1 is 1.19 bits per heavy atom. The van der Waals surface area contributed by atoms with E-state index in [4.69, 9.17) is 9.47 Å². The number of halogens is 2. The van der Waals surface area contributed by atoms with E-state index in [9.17, 15) is 23.2 Å². The van der Waals surface area contributed by atoms with E-state index in [-0.39, 0.29) is 36.1 Å². The predicted molar refractivity (Wildman–Crippen MR) is 111 cm³/mol. The second kappa shape index (κ2) is 9.27. The van der Waals surface area contributed by atoms with Crippen LogP contribution in [0.5, 0.6) is 17.2 Å². The minimum absolute atomic E-state index is 0.0583. The van der Waals surface area contributed by atoms with Gasteiger partial charge >= 0.3 is 6.61 Å². The van der Waals surface area contributed by atoms with Gasteiger partial charge in [-0.25, -0.2) is 0 Å². The summed E-state index contributed by atoms with van der Waals surface area (Å²) in [6, 6.07) is 10.7. The maximum atomic E-state index is 12.6. The number of thioether (sulfide) groups is 1. The van der Waals surface area contributed by atoms with Crippen molar-refractivity contribution in [2.24, 2.45) is 0 Å². The molecule has 11 heteroatoms. The third kappa shape index (κ3) is 4.67. The summed E-state index contributed by atoms with van der Waals surface area (Å²) in [5, 5.41) is 2.03. The van der Waals surface area contributed by atoms with Crippen molar-refractivity contribution in [3.05, 3.63) is 58.5 Å². The first-order valence-electron chi connectivity index (χ1n) is 9.39. The van der Waals surface area contributed by atoms with E-state index in [2.05, 4.69) is 10.1 Å². The van der Waals surface area contributed by atoms with Crippen LogP contribution in [0.2, 0.25) is 0 Å². The third-order valence-electron chi connectivity index (χ3n) is 4.54. The lowest BCUT2D eigenvalue weighted by Gasteiger charge is -2.14. The average molecular weight is 462 g/mol. The van der Waals surface area contributed by atoms with Crippen LogP contribution in [0.1, 0.15) is 15.9 Å². The van der Waals surface area contributed by atoms with Gasteiger partial charge in [-0.1, -0.05) is 18.2 Å². The van der Waals surface area contributed by atoms with E-state index < -0.39 is 23.7 Å². The lowest BCUT2D eigenvalue weighted by Crippen LogP contribution is -2.37. The smallest absolute Gasteiger partial charge is 0.387 e. The second-order valence-corrected chi connectivity index (χ2v) is 7.57. The molecule has 0 saturated carbocycles. The minimum Gasteiger partial charge on any atom is -0.454 e. The van der Waals surface area contributed by atoms with Gasteiger partial charge < -0.3 is 19.5 Å². The molecule has 32 heavy (non-hydrogen) atoms. The highest BCUT2D eigenvalue weighted by Crippen LogP contribution is 2.36. The number of hydrogen-bond donors (Lipinski definition) is 1. The van der Waals surface area contributed by atoms with E-state index in [1.807, 2.05) is 0 Å². The number of carbonyl (C=O) groups is 3. The van der Waals surface area contributed by atoms with E-state index in [1.165, 1.54) is 24.3 Å². The Balaban J connectivity index is 1.37. The SMILES string of the molecule is O=C(NCCN1C(=O)SC(=Cc2ccc3c(c2)OCO3)C1=O)c1ccccc1OC(F)F. The lowest BCUT2D eigenvalue weighted by atomic mass is 10.2. The van der Waals surface area contributed by atoms with Crippen molar-refractivity contribution in [1.82, 2.24) is 10.2 Å². The molecule has 8 nitrogen and oxygen atoms in total. The molecule has 2 heterocycles. The maximum absolute atomic E-state index is 12.6. The maximum Gasteiger partial charge on any atom is 0.387 e. The summed E-state index contributed by atoms with van der Waals surface area (Å²) in [6.07, 6.45) is 1.57. The summed E-state index contributed by atoms with van der Waals surface area (Å²) in [4.78, 5) is 38.4. The Labute approximate surface area is 185 Å². The van der Waals surface area contributed by atoms with Crippen LogP contribution in [0.3, 0.4) is 0 Å². The lowest BCUT2D eigenvalue weighted by molar-refractivity contribution is -0.122. The zero-order valence-corrected chi connectivity index (χ0v) is 17.2. The number of alkyl halides is 2. The standard InChI is InChI=1S/C21H16F2N2O6S/c22-20(23)31-14-4-2-1-3-13(14)18(26)24-7-8-25-19(27)17(32-21(25)28)10-12-5-6-15-16(9-12)30-11-29-15/h1-6,9-10,20H,7-8,11H2,(H,24,26). The zero-order valence-electron chi connectivity index (χ0n) is 16.4. The fourth-order valence-corrected chi connectivity index (χ4v) is 3.94. The summed E-state index contributed by atoms with van der Waals surface area (Å²) in [6.45, 7) is -3.08. The van der Waals surface area contributed by atoms with Crippen LogP contribution in [0, 0.1) is 0 Å². The molecule has 0 aromatic heterocycles. The summed E-state index contributed by atoms with van der Waals surface area (Å²) >= 11 is 0.785. The number of carbonyl (C=O) groups excluding carboxylic acids is 3. The molecule has 1 N–H and O–H groups in total. The van der Waals surface area contributed by atoms with E-state index >= 15 is 0 Å². The van der Waals surface area contributed by atoms with Crippen molar-refractivity contribution >= 4 is 34.9 Å². The summed E-state index contributed by atoms with van der Waals surface area (Å²) < 4.78 is 39.9. The number of imide groups is 1.